The molecule has 0 saturated carbocycles. The van der Waals surface area contributed by atoms with Crippen LogP contribution in [0.5, 0.6) is 0 Å². The van der Waals surface area contributed by atoms with E-state index in [1.165, 1.54) is 0 Å². The standard InChI is InChI=1S/C9H9F2NS/c10-7-2-3-8(11)6(5-7)1-4-9(12)13/h2-3,5H,1,4H2,(H2,12,13). The number of benzene rings is 1. The Labute approximate surface area is 80.6 Å². The summed E-state index contributed by atoms with van der Waals surface area (Å²) >= 11 is 4.63. The molecule has 4 heteroatoms. The summed E-state index contributed by atoms with van der Waals surface area (Å²) in [6.07, 6.45) is 0.745. The number of thiocarbonyl (C=S) groups is 1. The normalized spacial score (nSPS) is 10.0. The molecule has 0 spiro atoms. The molecule has 13 heavy (non-hydrogen) atoms. The van der Waals surface area contributed by atoms with E-state index in [0.717, 1.165) is 18.2 Å². The minimum atomic E-state index is -0.445. The van der Waals surface area contributed by atoms with Crippen molar-refractivity contribution >= 4 is 17.2 Å². The van der Waals surface area contributed by atoms with Crippen LogP contribution in [0.1, 0.15) is 12.0 Å². The zero-order valence-corrected chi connectivity index (χ0v) is 7.70. The summed E-state index contributed by atoms with van der Waals surface area (Å²) in [5.41, 5.74) is 5.56. The Kier molecular flexibility index (Phi) is 3.31. The molecule has 0 unspecified atom stereocenters. The molecule has 0 aromatic heterocycles. The third-order valence-electron chi connectivity index (χ3n) is 1.65. The van der Waals surface area contributed by atoms with Gasteiger partial charge in [0.15, 0.2) is 0 Å². The van der Waals surface area contributed by atoms with Gasteiger partial charge in [0.25, 0.3) is 0 Å². The molecule has 0 saturated heterocycles. The maximum Gasteiger partial charge on any atom is 0.126 e. The monoisotopic (exact) mass is 201 g/mol. The van der Waals surface area contributed by atoms with E-state index >= 15 is 0 Å². The fourth-order valence-corrected chi connectivity index (χ4v) is 1.09. The summed E-state index contributed by atoms with van der Waals surface area (Å²) in [4.78, 5) is 0.309. The van der Waals surface area contributed by atoms with E-state index in [0.29, 0.717) is 23.4 Å². The van der Waals surface area contributed by atoms with Gasteiger partial charge in [-0.2, -0.15) is 0 Å². The first kappa shape index (κ1) is 10.1. The number of halogens is 2. The van der Waals surface area contributed by atoms with Crippen LogP contribution in [0.3, 0.4) is 0 Å². The van der Waals surface area contributed by atoms with Crippen molar-refractivity contribution in [1.29, 1.82) is 0 Å². The Balaban J connectivity index is 2.75. The first-order valence-electron chi connectivity index (χ1n) is 3.82. The Bertz CT molecular complexity index is 325. The summed E-state index contributed by atoms with van der Waals surface area (Å²) in [6, 6.07) is 3.34. The number of hydrogen-bond acceptors (Lipinski definition) is 1. The zero-order valence-electron chi connectivity index (χ0n) is 6.89. The van der Waals surface area contributed by atoms with Crippen LogP contribution in [0.25, 0.3) is 0 Å². The van der Waals surface area contributed by atoms with E-state index in [1.807, 2.05) is 0 Å². The van der Waals surface area contributed by atoms with Crippen molar-refractivity contribution < 1.29 is 8.78 Å². The number of aryl methyl sites for hydroxylation is 1. The number of hydrogen-bond donors (Lipinski definition) is 1. The van der Waals surface area contributed by atoms with Gasteiger partial charge in [0.2, 0.25) is 0 Å². The van der Waals surface area contributed by atoms with Gasteiger partial charge in [-0.3, -0.25) is 0 Å². The maximum atomic E-state index is 13.0. The molecule has 1 aromatic carbocycles. The SMILES string of the molecule is NC(=S)CCc1cc(F)ccc1F. The summed E-state index contributed by atoms with van der Waals surface area (Å²) in [6.45, 7) is 0. The fraction of sp³-hybridized carbons (Fsp3) is 0.222. The van der Waals surface area contributed by atoms with E-state index in [4.69, 9.17) is 5.73 Å². The third-order valence-corrected chi connectivity index (χ3v) is 1.85. The van der Waals surface area contributed by atoms with E-state index in [2.05, 4.69) is 12.2 Å². The van der Waals surface area contributed by atoms with Gasteiger partial charge in [-0.15, -0.1) is 0 Å². The third kappa shape index (κ3) is 3.06. The van der Waals surface area contributed by atoms with Crippen molar-refractivity contribution in [2.75, 3.05) is 0 Å². The van der Waals surface area contributed by atoms with Gasteiger partial charge >= 0.3 is 0 Å². The molecule has 0 aliphatic heterocycles. The zero-order chi connectivity index (χ0) is 9.84. The summed E-state index contributed by atoms with van der Waals surface area (Å²) in [5.74, 6) is -0.864. The first-order valence-corrected chi connectivity index (χ1v) is 4.22. The minimum Gasteiger partial charge on any atom is -0.393 e. The lowest BCUT2D eigenvalue weighted by atomic mass is 10.1. The van der Waals surface area contributed by atoms with Crippen molar-refractivity contribution in [2.45, 2.75) is 12.8 Å². The summed E-state index contributed by atoms with van der Waals surface area (Å²) in [7, 11) is 0. The van der Waals surface area contributed by atoms with E-state index in [9.17, 15) is 8.78 Å². The molecule has 0 fully saturated rings. The molecule has 2 N–H and O–H groups in total. The predicted octanol–water partition coefficient (Wildman–Crippen LogP) is 2.18. The lowest BCUT2D eigenvalue weighted by Crippen LogP contribution is -2.09. The van der Waals surface area contributed by atoms with Crippen molar-refractivity contribution in [2.24, 2.45) is 5.73 Å². The maximum absolute atomic E-state index is 13.0. The van der Waals surface area contributed by atoms with Crippen LogP contribution in [0.2, 0.25) is 0 Å². The molecule has 1 aromatic rings. The lowest BCUT2D eigenvalue weighted by Gasteiger charge is -2.01. The first-order chi connectivity index (χ1) is 6.09. The minimum absolute atomic E-state index is 0.309. The molecule has 1 nitrogen and oxygen atoms in total. The van der Waals surface area contributed by atoms with Gasteiger partial charge in [-0.25, -0.2) is 8.78 Å². The van der Waals surface area contributed by atoms with Crippen LogP contribution >= 0.6 is 12.2 Å². The highest BCUT2D eigenvalue weighted by Crippen LogP contribution is 2.11. The number of nitrogens with two attached hydrogens (primary N) is 1. The topological polar surface area (TPSA) is 26.0 Å². The highest BCUT2D eigenvalue weighted by Gasteiger charge is 2.03. The molecule has 0 atom stereocenters. The van der Waals surface area contributed by atoms with Gasteiger partial charge in [-0.05, 0) is 30.2 Å². The van der Waals surface area contributed by atoms with Gasteiger partial charge in [0.1, 0.15) is 11.6 Å². The van der Waals surface area contributed by atoms with Gasteiger partial charge < -0.3 is 5.73 Å². The molecule has 0 aliphatic carbocycles. The fourth-order valence-electron chi connectivity index (χ4n) is 0.993. The van der Waals surface area contributed by atoms with E-state index in [1.54, 1.807) is 0 Å². The van der Waals surface area contributed by atoms with E-state index in [-0.39, 0.29) is 0 Å². The second kappa shape index (κ2) is 4.28. The molecule has 0 radical (unpaired) electrons. The number of rotatable bonds is 3. The summed E-state index contributed by atoms with van der Waals surface area (Å²) in [5, 5.41) is 0. The Morgan fingerprint density at radius 2 is 2.08 bits per heavy atom. The highest BCUT2D eigenvalue weighted by molar-refractivity contribution is 7.80. The average Bonchev–Trinajstić information content (AvgIpc) is 2.06. The van der Waals surface area contributed by atoms with Crippen molar-refractivity contribution in [3.63, 3.8) is 0 Å². The Morgan fingerprint density at radius 3 is 2.69 bits per heavy atom. The van der Waals surface area contributed by atoms with Crippen molar-refractivity contribution in [3.8, 4) is 0 Å². The van der Waals surface area contributed by atoms with Crippen LogP contribution in [0.15, 0.2) is 18.2 Å². The van der Waals surface area contributed by atoms with E-state index < -0.39 is 11.6 Å². The van der Waals surface area contributed by atoms with Gasteiger partial charge in [0, 0.05) is 6.42 Å². The highest BCUT2D eigenvalue weighted by atomic mass is 32.1. The predicted molar refractivity (Wildman–Crippen MR) is 51.5 cm³/mol. The quantitative estimate of drug-likeness (QED) is 0.758. The molecule has 0 bridgehead atoms. The smallest absolute Gasteiger partial charge is 0.126 e. The van der Waals surface area contributed by atoms with Crippen molar-refractivity contribution in [1.82, 2.24) is 0 Å². The van der Waals surface area contributed by atoms with Gasteiger partial charge in [0.05, 0.1) is 4.99 Å². The Morgan fingerprint density at radius 1 is 1.38 bits per heavy atom. The molecular formula is C9H9F2NS. The molecule has 0 aliphatic rings. The molecule has 1 rings (SSSR count). The van der Waals surface area contributed by atoms with Gasteiger partial charge in [-0.1, -0.05) is 12.2 Å². The summed E-state index contributed by atoms with van der Waals surface area (Å²) < 4.78 is 25.6. The van der Waals surface area contributed by atoms with Crippen LogP contribution in [-0.2, 0) is 6.42 Å². The van der Waals surface area contributed by atoms with Crippen LogP contribution < -0.4 is 5.73 Å². The second-order valence-corrected chi connectivity index (χ2v) is 3.23. The molecule has 0 amide bonds. The Hall–Kier alpha value is -1.03. The van der Waals surface area contributed by atoms with Crippen LogP contribution in [0.4, 0.5) is 8.78 Å². The van der Waals surface area contributed by atoms with Crippen LogP contribution in [0, 0.1) is 11.6 Å². The second-order valence-electron chi connectivity index (χ2n) is 2.70. The largest absolute Gasteiger partial charge is 0.393 e. The molecule has 0 heterocycles. The lowest BCUT2D eigenvalue weighted by molar-refractivity contribution is 0.585. The van der Waals surface area contributed by atoms with Crippen LogP contribution in [-0.4, -0.2) is 4.99 Å². The van der Waals surface area contributed by atoms with Crippen molar-refractivity contribution in [3.05, 3.63) is 35.4 Å². The molecular weight excluding hydrogens is 192 g/mol. The molecule has 70 valence electrons. The average molecular weight is 201 g/mol.